The number of rotatable bonds is 5. The van der Waals surface area contributed by atoms with E-state index in [1.807, 2.05) is 29.7 Å². The summed E-state index contributed by atoms with van der Waals surface area (Å²) in [6.45, 7) is 11.5. The minimum Gasteiger partial charge on any atom is -0.305 e. The maximum atomic E-state index is 13.2. The molecule has 0 saturated carbocycles. The van der Waals surface area contributed by atoms with Crippen molar-refractivity contribution >= 4 is 26.8 Å². The Morgan fingerprint density at radius 1 is 1.26 bits per heavy atom. The van der Waals surface area contributed by atoms with Gasteiger partial charge in [-0.15, -0.1) is 0 Å². The molecule has 148 valence electrons. The second-order valence-electron chi connectivity index (χ2n) is 7.85. The van der Waals surface area contributed by atoms with Crippen LogP contribution in [-0.4, -0.2) is 52.6 Å². The first kappa shape index (κ1) is 20.5. The number of hydrogen-bond donors (Lipinski definition) is 0. The van der Waals surface area contributed by atoms with Crippen LogP contribution in [0.3, 0.4) is 0 Å². The monoisotopic (exact) mass is 434 g/mol. The van der Waals surface area contributed by atoms with Gasteiger partial charge in [-0.1, -0.05) is 36.2 Å². The second-order valence-corrected chi connectivity index (χ2v) is 8.76. The Labute approximate surface area is 170 Å². The fraction of sp³-hybridized carbons (Fsp3) is 0.619. The van der Waals surface area contributed by atoms with Gasteiger partial charge in [-0.25, -0.2) is 4.98 Å². The smallest absolute Gasteiger partial charge is 0.261 e. The number of fused-ring (bicyclic) bond motifs is 1. The summed E-state index contributed by atoms with van der Waals surface area (Å²) in [6.07, 6.45) is 2.09. The minimum atomic E-state index is 0.0693. The largest absolute Gasteiger partial charge is 0.305 e. The summed E-state index contributed by atoms with van der Waals surface area (Å²) in [4.78, 5) is 23.1. The number of halogens is 1. The van der Waals surface area contributed by atoms with E-state index in [0.29, 0.717) is 17.8 Å². The van der Waals surface area contributed by atoms with Gasteiger partial charge >= 0.3 is 0 Å². The maximum absolute atomic E-state index is 13.2. The lowest BCUT2D eigenvalue weighted by atomic mass is 10.1. The molecule has 1 aliphatic rings. The van der Waals surface area contributed by atoms with Crippen LogP contribution in [0.5, 0.6) is 0 Å². The minimum absolute atomic E-state index is 0.0693. The van der Waals surface area contributed by atoms with Crippen LogP contribution >= 0.6 is 15.9 Å². The van der Waals surface area contributed by atoms with Crippen molar-refractivity contribution in [2.45, 2.75) is 46.2 Å². The summed E-state index contributed by atoms with van der Waals surface area (Å²) < 4.78 is 2.80. The Hall–Kier alpha value is -1.24. The first-order chi connectivity index (χ1) is 12.9. The van der Waals surface area contributed by atoms with Gasteiger partial charge < -0.3 is 4.90 Å². The van der Waals surface area contributed by atoms with Gasteiger partial charge in [0.1, 0.15) is 5.82 Å². The van der Waals surface area contributed by atoms with Crippen LogP contribution in [-0.2, 0) is 6.54 Å². The van der Waals surface area contributed by atoms with Crippen LogP contribution in [0.1, 0.15) is 45.5 Å². The summed E-state index contributed by atoms with van der Waals surface area (Å²) in [5.74, 6) is 1.53. The molecule has 6 heteroatoms. The molecule has 1 fully saturated rings. The van der Waals surface area contributed by atoms with Crippen LogP contribution in [0.2, 0.25) is 0 Å². The van der Waals surface area contributed by atoms with Gasteiger partial charge in [0.15, 0.2) is 0 Å². The van der Waals surface area contributed by atoms with Gasteiger partial charge in [0.2, 0.25) is 0 Å². The Kier molecular flexibility index (Phi) is 6.71. The molecule has 2 heterocycles. The summed E-state index contributed by atoms with van der Waals surface area (Å²) in [6, 6.07) is 5.99. The number of likely N-dealkylation sites (N-methyl/N-ethyl adjacent to an activating group) is 1. The molecule has 0 radical (unpaired) electrons. The zero-order chi connectivity index (χ0) is 19.6. The lowest BCUT2D eigenvalue weighted by Crippen LogP contribution is -2.38. The topological polar surface area (TPSA) is 41.4 Å². The van der Waals surface area contributed by atoms with E-state index >= 15 is 0 Å². The Morgan fingerprint density at radius 2 is 2.04 bits per heavy atom. The highest BCUT2D eigenvalue weighted by Crippen LogP contribution is 2.28. The van der Waals surface area contributed by atoms with E-state index in [2.05, 4.69) is 46.6 Å². The second kappa shape index (κ2) is 8.84. The summed E-state index contributed by atoms with van der Waals surface area (Å²) in [5, 5.41) is 0.689. The molecule has 0 amide bonds. The van der Waals surface area contributed by atoms with Gasteiger partial charge in [-0.3, -0.25) is 14.3 Å². The van der Waals surface area contributed by atoms with Crippen LogP contribution < -0.4 is 5.56 Å². The lowest BCUT2D eigenvalue weighted by molar-refractivity contribution is 0.167. The Bertz CT molecular complexity index is 850. The predicted octanol–water partition coefficient (Wildman–Crippen LogP) is 3.90. The molecule has 1 aliphatic heterocycles. The number of hydrogen-bond acceptors (Lipinski definition) is 4. The Balaban J connectivity index is 2.10. The molecule has 2 aromatic rings. The van der Waals surface area contributed by atoms with Gasteiger partial charge in [0.05, 0.1) is 16.9 Å². The summed E-state index contributed by atoms with van der Waals surface area (Å²) in [5.41, 5.74) is 0.865. The van der Waals surface area contributed by atoms with Crippen molar-refractivity contribution in [3.63, 3.8) is 0 Å². The lowest BCUT2D eigenvalue weighted by Gasteiger charge is -2.32. The third-order valence-electron chi connectivity index (χ3n) is 5.50. The SMILES string of the molecule is CCC[C@@H](c1nc2ccc(Br)cc2c(=O)n1CC)N1CCN(C)CC(C)C1. The zero-order valence-electron chi connectivity index (χ0n) is 16.9. The van der Waals surface area contributed by atoms with Crippen LogP contribution in [0.15, 0.2) is 27.5 Å². The fourth-order valence-electron chi connectivity index (χ4n) is 4.27. The molecule has 0 N–H and O–H groups in total. The molecule has 5 nitrogen and oxygen atoms in total. The van der Waals surface area contributed by atoms with E-state index in [4.69, 9.17) is 4.98 Å². The first-order valence-corrected chi connectivity index (χ1v) is 10.9. The molecule has 3 rings (SSSR count). The quantitative estimate of drug-likeness (QED) is 0.715. The number of benzene rings is 1. The van der Waals surface area contributed by atoms with Crippen molar-refractivity contribution in [1.82, 2.24) is 19.4 Å². The van der Waals surface area contributed by atoms with E-state index in [0.717, 1.165) is 54.8 Å². The zero-order valence-corrected chi connectivity index (χ0v) is 18.5. The van der Waals surface area contributed by atoms with Gasteiger partial charge in [0, 0.05) is 37.2 Å². The van der Waals surface area contributed by atoms with Crippen LogP contribution in [0.25, 0.3) is 10.9 Å². The summed E-state index contributed by atoms with van der Waals surface area (Å²) in [7, 11) is 2.20. The maximum Gasteiger partial charge on any atom is 0.261 e. The highest BCUT2D eigenvalue weighted by Gasteiger charge is 2.28. The van der Waals surface area contributed by atoms with E-state index in [-0.39, 0.29) is 11.6 Å². The van der Waals surface area contributed by atoms with Crippen LogP contribution in [0.4, 0.5) is 0 Å². The van der Waals surface area contributed by atoms with Crippen molar-refractivity contribution in [3.8, 4) is 0 Å². The molecule has 0 spiro atoms. The van der Waals surface area contributed by atoms with E-state index in [1.54, 1.807) is 0 Å². The molecule has 0 bridgehead atoms. The van der Waals surface area contributed by atoms with Crippen molar-refractivity contribution < 1.29 is 0 Å². The average molecular weight is 435 g/mol. The molecule has 1 unspecified atom stereocenters. The third-order valence-corrected chi connectivity index (χ3v) is 5.99. The molecule has 1 saturated heterocycles. The third kappa shape index (κ3) is 4.44. The highest BCUT2D eigenvalue weighted by molar-refractivity contribution is 9.10. The van der Waals surface area contributed by atoms with Crippen LogP contribution in [0, 0.1) is 5.92 Å². The first-order valence-electron chi connectivity index (χ1n) is 10.1. The van der Waals surface area contributed by atoms with Crippen molar-refractivity contribution in [1.29, 1.82) is 0 Å². The molecular formula is C21H31BrN4O. The van der Waals surface area contributed by atoms with Crippen molar-refractivity contribution in [2.75, 3.05) is 33.2 Å². The fourth-order valence-corrected chi connectivity index (χ4v) is 4.63. The molecule has 0 aliphatic carbocycles. The van der Waals surface area contributed by atoms with Crippen molar-refractivity contribution in [2.24, 2.45) is 5.92 Å². The molecule has 1 aromatic carbocycles. The number of nitrogens with zero attached hydrogens (tertiary/aromatic N) is 4. The molecule has 27 heavy (non-hydrogen) atoms. The number of aromatic nitrogens is 2. The van der Waals surface area contributed by atoms with E-state index in [1.165, 1.54) is 0 Å². The molecular weight excluding hydrogens is 404 g/mol. The Morgan fingerprint density at radius 3 is 2.74 bits per heavy atom. The van der Waals surface area contributed by atoms with E-state index < -0.39 is 0 Å². The molecule has 2 atom stereocenters. The average Bonchev–Trinajstić information content (AvgIpc) is 2.80. The van der Waals surface area contributed by atoms with Crippen molar-refractivity contribution in [3.05, 3.63) is 38.9 Å². The standard InChI is InChI=1S/C21H31BrN4O/c1-5-7-19(25-11-10-24(4)13-15(3)14-25)20-23-18-9-8-16(22)12-17(18)21(27)26(20)6-2/h8-9,12,15,19H,5-7,10-11,13-14H2,1-4H3/t15?,19-/m0/s1. The molecule has 1 aromatic heterocycles. The predicted molar refractivity (Wildman–Crippen MR) is 115 cm³/mol. The van der Waals surface area contributed by atoms with Gasteiger partial charge in [-0.05, 0) is 44.5 Å². The normalized spacial score (nSPS) is 20.7. The summed E-state index contributed by atoms with van der Waals surface area (Å²) >= 11 is 3.48. The highest BCUT2D eigenvalue weighted by atomic mass is 79.9. The van der Waals surface area contributed by atoms with E-state index in [9.17, 15) is 4.79 Å². The van der Waals surface area contributed by atoms with Gasteiger partial charge in [0.25, 0.3) is 5.56 Å². The van der Waals surface area contributed by atoms with Gasteiger partial charge in [-0.2, -0.15) is 0 Å².